The van der Waals surface area contributed by atoms with Crippen LogP contribution in [0.25, 0.3) is 0 Å². The molecule has 0 saturated carbocycles. The van der Waals surface area contributed by atoms with E-state index in [9.17, 15) is 5.11 Å². The first-order valence-electron chi connectivity index (χ1n) is 5.70. The van der Waals surface area contributed by atoms with E-state index in [0.29, 0.717) is 12.2 Å². The summed E-state index contributed by atoms with van der Waals surface area (Å²) in [5.74, 6) is 0.592. The number of nitrogens with two attached hydrogens (primary N) is 1. The van der Waals surface area contributed by atoms with Crippen molar-refractivity contribution in [2.75, 3.05) is 18.8 Å². The van der Waals surface area contributed by atoms with Crippen molar-refractivity contribution in [3.8, 4) is 0 Å². The molecule has 2 atom stereocenters. The summed E-state index contributed by atoms with van der Waals surface area (Å²) in [6.45, 7) is 5.62. The second kappa shape index (κ2) is 4.03. The van der Waals surface area contributed by atoms with Gasteiger partial charge in [0.2, 0.25) is 0 Å². The number of nitrogens with one attached hydrogen (secondary N) is 1. The summed E-state index contributed by atoms with van der Waals surface area (Å²) in [6, 6.07) is 1.95. The van der Waals surface area contributed by atoms with Crippen LogP contribution < -0.4 is 11.1 Å². The Labute approximate surface area is 95.9 Å². The molecule has 4 nitrogen and oxygen atoms in total. The van der Waals surface area contributed by atoms with Gasteiger partial charge in [-0.05, 0) is 31.5 Å². The summed E-state index contributed by atoms with van der Waals surface area (Å²) in [4.78, 5) is 4.13. The largest absolute Gasteiger partial charge is 0.385 e. The van der Waals surface area contributed by atoms with Gasteiger partial charge in [0.05, 0.1) is 5.60 Å². The quantitative estimate of drug-likeness (QED) is 0.655. The number of hydrogen-bond donors (Lipinski definition) is 3. The zero-order chi connectivity index (χ0) is 11.8. The summed E-state index contributed by atoms with van der Waals surface area (Å²) < 4.78 is 0. The molecule has 2 unspecified atom stereocenters. The number of aryl methyl sites for hydroxylation is 1. The molecule has 1 aliphatic heterocycles. The molecule has 1 aliphatic rings. The van der Waals surface area contributed by atoms with Crippen LogP contribution in [0.3, 0.4) is 0 Å². The molecule has 16 heavy (non-hydrogen) atoms. The van der Waals surface area contributed by atoms with Crippen molar-refractivity contribution in [3.05, 3.63) is 23.4 Å². The predicted molar refractivity (Wildman–Crippen MR) is 63.9 cm³/mol. The minimum atomic E-state index is -0.839. The van der Waals surface area contributed by atoms with Gasteiger partial charge in [-0.15, -0.1) is 0 Å². The maximum Gasteiger partial charge on any atom is 0.129 e. The predicted octanol–water partition coefficient (Wildman–Crippen LogP) is 0.789. The Bertz CT molecular complexity index is 394. The molecule has 4 heteroatoms. The topological polar surface area (TPSA) is 71.2 Å². The third-order valence-corrected chi connectivity index (χ3v) is 3.47. The Morgan fingerprint density at radius 2 is 2.38 bits per heavy atom. The lowest BCUT2D eigenvalue weighted by Gasteiger charge is -2.39. The number of piperidine rings is 1. The highest BCUT2D eigenvalue weighted by molar-refractivity contribution is 5.45. The monoisotopic (exact) mass is 221 g/mol. The number of aromatic nitrogens is 1. The highest BCUT2D eigenvalue weighted by atomic mass is 16.3. The number of nitrogens with zero attached hydrogens (tertiary/aromatic N) is 1. The third-order valence-electron chi connectivity index (χ3n) is 3.47. The van der Waals surface area contributed by atoms with Crippen molar-refractivity contribution in [3.63, 3.8) is 0 Å². The molecule has 1 aromatic heterocycles. The van der Waals surface area contributed by atoms with E-state index in [4.69, 9.17) is 5.73 Å². The van der Waals surface area contributed by atoms with E-state index in [-0.39, 0.29) is 5.92 Å². The van der Waals surface area contributed by atoms with Gasteiger partial charge in [-0.2, -0.15) is 0 Å². The second-order valence-electron chi connectivity index (χ2n) is 4.72. The first kappa shape index (κ1) is 11.4. The maximum atomic E-state index is 10.8. The third kappa shape index (κ3) is 1.79. The Morgan fingerprint density at radius 3 is 3.06 bits per heavy atom. The van der Waals surface area contributed by atoms with Crippen molar-refractivity contribution in [1.82, 2.24) is 10.3 Å². The molecule has 2 heterocycles. The number of hydrogen-bond acceptors (Lipinski definition) is 4. The number of nitrogen functional groups attached to an aromatic ring is 1. The normalized spacial score (nSPS) is 30.3. The van der Waals surface area contributed by atoms with Gasteiger partial charge in [-0.1, -0.05) is 6.92 Å². The van der Waals surface area contributed by atoms with Crippen LogP contribution in [-0.4, -0.2) is 23.2 Å². The number of anilines is 1. The standard InChI is InChI=1S/C12H19N3O/c1-8-5-10(11(13)15-6-8)12(16)3-4-14-7-9(12)2/h5-6,9,14,16H,3-4,7H2,1-2H3,(H2,13,15). The maximum absolute atomic E-state index is 10.8. The SMILES string of the molecule is Cc1cnc(N)c(C2(O)CCNCC2C)c1. The van der Waals surface area contributed by atoms with E-state index in [2.05, 4.69) is 10.3 Å². The van der Waals surface area contributed by atoms with Crippen LogP contribution in [0, 0.1) is 12.8 Å². The van der Waals surface area contributed by atoms with E-state index in [1.165, 1.54) is 0 Å². The lowest BCUT2D eigenvalue weighted by Crippen LogP contribution is -2.47. The second-order valence-corrected chi connectivity index (χ2v) is 4.72. The van der Waals surface area contributed by atoms with Crippen LogP contribution >= 0.6 is 0 Å². The summed E-state index contributed by atoms with van der Waals surface area (Å²) in [6.07, 6.45) is 2.41. The molecular formula is C12H19N3O. The van der Waals surface area contributed by atoms with Gasteiger partial charge in [-0.25, -0.2) is 4.98 Å². The molecule has 2 rings (SSSR count). The molecule has 4 N–H and O–H groups in total. The van der Waals surface area contributed by atoms with E-state index < -0.39 is 5.60 Å². The lowest BCUT2D eigenvalue weighted by atomic mass is 9.77. The molecule has 0 spiro atoms. The molecule has 88 valence electrons. The zero-order valence-electron chi connectivity index (χ0n) is 9.83. The highest BCUT2D eigenvalue weighted by Gasteiger charge is 2.39. The summed E-state index contributed by atoms with van der Waals surface area (Å²) in [5, 5.41) is 14.0. The van der Waals surface area contributed by atoms with Crippen molar-refractivity contribution >= 4 is 5.82 Å². The fourth-order valence-corrected chi connectivity index (χ4v) is 2.34. The first-order chi connectivity index (χ1) is 7.54. The molecule has 0 aromatic carbocycles. The Hall–Kier alpha value is -1.13. The molecule has 1 saturated heterocycles. The van der Waals surface area contributed by atoms with Crippen LogP contribution in [0.4, 0.5) is 5.82 Å². The van der Waals surface area contributed by atoms with Crippen molar-refractivity contribution in [1.29, 1.82) is 0 Å². The summed E-state index contributed by atoms with van der Waals surface area (Å²) in [5.41, 5.74) is 6.85. The Balaban J connectivity index is 2.44. The zero-order valence-corrected chi connectivity index (χ0v) is 9.83. The molecule has 0 aliphatic carbocycles. The van der Waals surface area contributed by atoms with Crippen molar-refractivity contribution < 1.29 is 5.11 Å². The smallest absolute Gasteiger partial charge is 0.129 e. The van der Waals surface area contributed by atoms with E-state index in [0.717, 1.165) is 24.2 Å². The van der Waals surface area contributed by atoms with Gasteiger partial charge < -0.3 is 16.2 Å². The van der Waals surface area contributed by atoms with Crippen LogP contribution in [0.5, 0.6) is 0 Å². The van der Waals surface area contributed by atoms with E-state index in [1.807, 2.05) is 19.9 Å². The minimum absolute atomic E-state index is 0.146. The van der Waals surface area contributed by atoms with Gasteiger partial charge in [0.15, 0.2) is 0 Å². The van der Waals surface area contributed by atoms with Gasteiger partial charge in [0, 0.05) is 24.2 Å². The molecule has 0 bridgehead atoms. The van der Waals surface area contributed by atoms with E-state index in [1.54, 1.807) is 6.20 Å². The average Bonchev–Trinajstić information content (AvgIpc) is 2.26. The minimum Gasteiger partial charge on any atom is -0.385 e. The summed E-state index contributed by atoms with van der Waals surface area (Å²) in [7, 11) is 0. The van der Waals surface area contributed by atoms with Crippen LogP contribution in [0.15, 0.2) is 12.3 Å². The van der Waals surface area contributed by atoms with Crippen LogP contribution in [0.2, 0.25) is 0 Å². The molecule has 1 fully saturated rings. The Morgan fingerprint density at radius 1 is 1.62 bits per heavy atom. The number of pyridine rings is 1. The molecule has 0 radical (unpaired) electrons. The summed E-state index contributed by atoms with van der Waals surface area (Å²) >= 11 is 0. The van der Waals surface area contributed by atoms with Gasteiger partial charge in [-0.3, -0.25) is 0 Å². The fraction of sp³-hybridized carbons (Fsp3) is 0.583. The Kier molecular flexibility index (Phi) is 2.86. The lowest BCUT2D eigenvalue weighted by molar-refractivity contribution is -0.0388. The average molecular weight is 221 g/mol. The van der Waals surface area contributed by atoms with Crippen LogP contribution in [-0.2, 0) is 5.60 Å². The van der Waals surface area contributed by atoms with Crippen molar-refractivity contribution in [2.24, 2.45) is 5.92 Å². The van der Waals surface area contributed by atoms with Crippen LogP contribution in [0.1, 0.15) is 24.5 Å². The highest BCUT2D eigenvalue weighted by Crippen LogP contribution is 2.37. The molecular weight excluding hydrogens is 202 g/mol. The number of rotatable bonds is 1. The molecule has 0 amide bonds. The number of aliphatic hydroxyl groups is 1. The van der Waals surface area contributed by atoms with Gasteiger partial charge >= 0.3 is 0 Å². The van der Waals surface area contributed by atoms with Gasteiger partial charge in [0.25, 0.3) is 0 Å². The fourth-order valence-electron chi connectivity index (χ4n) is 2.34. The van der Waals surface area contributed by atoms with Crippen molar-refractivity contribution in [2.45, 2.75) is 25.9 Å². The van der Waals surface area contributed by atoms with E-state index >= 15 is 0 Å². The first-order valence-corrected chi connectivity index (χ1v) is 5.70. The molecule has 1 aromatic rings. The van der Waals surface area contributed by atoms with Gasteiger partial charge in [0.1, 0.15) is 5.82 Å².